The normalized spacial score (nSPS) is 19.5. The summed E-state index contributed by atoms with van der Waals surface area (Å²) in [4.78, 5) is 2.10. The van der Waals surface area contributed by atoms with Gasteiger partial charge >= 0.3 is 0 Å². The van der Waals surface area contributed by atoms with Crippen LogP contribution in [0.4, 0.5) is 0 Å². The smallest absolute Gasteiger partial charge is 0.0225 e. The van der Waals surface area contributed by atoms with E-state index in [9.17, 15) is 0 Å². The van der Waals surface area contributed by atoms with E-state index in [4.69, 9.17) is 0 Å². The van der Waals surface area contributed by atoms with E-state index in [1.807, 2.05) is 6.20 Å². The van der Waals surface area contributed by atoms with Gasteiger partial charge < -0.3 is 4.90 Å². The summed E-state index contributed by atoms with van der Waals surface area (Å²) < 4.78 is 0. The van der Waals surface area contributed by atoms with Crippen molar-refractivity contribution in [2.75, 3.05) is 6.54 Å². The maximum atomic E-state index is 3.86. The summed E-state index contributed by atoms with van der Waals surface area (Å²) in [5.74, 6) is 0. The first-order valence-corrected chi connectivity index (χ1v) is 2.91. The van der Waals surface area contributed by atoms with Gasteiger partial charge in [-0.05, 0) is 19.0 Å². The first kappa shape index (κ1) is 5.42. The van der Waals surface area contributed by atoms with Crippen LogP contribution in [0.3, 0.4) is 0 Å². The maximum Gasteiger partial charge on any atom is 0.0225 e. The van der Waals surface area contributed by atoms with Crippen molar-refractivity contribution >= 4 is 0 Å². The van der Waals surface area contributed by atoms with Crippen LogP contribution in [0.25, 0.3) is 0 Å². The number of allylic oxidation sites excluding steroid dienone is 1. The van der Waals surface area contributed by atoms with E-state index in [2.05, 4.69) is 18.1 Å². The van der Waals surface area contributed by atoms with Crippen molar-refractivity contribution in [3.05, 3.63) is 25.1 Å². The van der Waals surface area contributed by atoms with Crippen molar-refractivity contribution in [1.29, 1.82) is 0 Å². The first-order chi connectivity index (χ1) is 3.84. The predicted octanol–water partition coefficient (Wildman–Crippen LogP) is 1.74. The molecule has 1 fully saturated rings. The van der Waals surface area contributed by atoms with Crippen LogP contribution in [0.2, 0.25) is 0 Å². The van der Waals surface area contributed by atoms with Crippen LogP contribution in [0.15, 0.2) is 25.1 Å². The summed E-state index contributed by atoms with van der Waals surface area (Å²) in [5.41, 5.74) is 1.21. The SMILES string of the molecule is C=CN1CCCC1=C. The van der Waals surface area contributed by atoms with Crippen LogP contribution in [0.1, 0.15) is 12.8 Å². The third-order valence-electron chi connectivity index (χ3n) is 1.49. The topological polar surface area (TPSA) is 3.24 Å². The van der Waals surface area contributed by atoms with Crippen LogP contribution in [0, 0.1) is 0 Å². The summed E-state index contributed by atoms with van der Waals surface area (Å²) in [6.45, 7) is 8.63. The van der Waals surface area contributed by atoms with E-state index in [-0.39, 0.29) is 0 Å². The van der Waals surface area contributed by atoms with Crippen molar-refractivity contribution in [2.24, 2.45) is 0 Å². The van der Waals surface area contributed by atoms with Gasteiger partial charge in [-0.3, -0.25) is 0 Å². The summed E-state index contributed by atoms with van der Waals surface area (Å²) in [6.07, 6.45) is 4.23. The van der Waals surface area contributed by atoms with E-state index < -0.39 is 0 Å². The highest BCUT2D eigenvalue weighted by atomic mass is 15.1. The van der Waals surface area contributed by atoms with E-state index in [1.54, 1.807) is 0 Å². The number of likely N-dealkylation sites (tertiary alicyclic amines) is 1. The van der Waals surface area contributed by atoms with E-state index >= 15 is 0 Å². The van der Waals surface area contributed by atoms with Gasteiger partial charge in [0.15, 0.2) is 0 Å². The Morgan fingerprint density at radius 3 is 2.62 bits per heavy atom. The molecule has 0 saturated carbocycles. The molecule has 0 atom stereocenters. The Balaban J connectivity index is 2.54. The summed E-state index contributed by atoms with van der Waals surface area (Å²) in [5, 5.41) is 0. The number of nitrogens with zero attached hydrogens (tertiary/aromatic N) is 1. The lowest BCUT2D eigenvalue weighted by molar-refractivity contribution is 0.538. The highest BCUT2D eigenvalue weighted by molar-refractivity contribution is 5.03. The largest absolute Gasteiger partial charge is 0.353 e. The molecule has 0 aromatic rings. The van der Waals surface area contributed by atoms with E-state index in [1.165, 1.54) is 12.1 Å². The fourth-order valence-corrected chi connectivity index (χ4v) is 0.976. The second kappa shape index (κ2) is 2.03. The molecule has 0 amide bonds. The minimum absolute atomic E-state index is 1.11. The highest BCUT2D eigenvalue weighted by Gasteiger charge is 2.09. The lowest BCUT2D eigenvalue weighted by Gasteiger charge is -2.10. The molecule has 0 unspecified atom stereocenters. The average molecular weight is 109 g/mol. The molecule has 1 aliphatic rings. The van der Waals surface area contributed by atoms with Gasteiger partial charge in [-0.15, -0.1) is 0 Å². The Labute approximate surface area is 50.3 Å². The minimum Gasteiger partial charge on any atom is -0.353 e. The molecule has 1 nitrogen and oxygen atoms in total. The summed E-state index contributed by atoms with van der Waals surface area (Å²) in [6, 6.07) is 0. The van der Waals surface area contributed by atoms with Gasteiger partial charge in [0.2, 0.25) is 0 Å². The monoisotopic (exact) mass is 109 g/mol. The van der Waals surface area contributed by atoms with Crippen LogP contribution in [0.5, 0.6) is 0 Å². The molecular weight excluding hydrogens is 98.1 g/mol. The fraction of sp³-hybridized carbons (Fsp3) is 0.429. The van der Waals surface area contributed by atoms with Crippen LogP contribution < -0.4 is 0 Å². The Morgan fingerprint density at radius 1 is 1.62 bits per heavy atom. The van der Waals surface area contributed by atoms with Gasteiger partial charge in [-0.25, -0.2) is 0 Å². The molecule has 0 aromatic heterocycles. The number of hydrogen-bond acceptors (Lipinski definition) is 1. The average Bonchev–Trinajstić information content (AvgIpc) is 2.14. The van der Waals surface area contributed by atoms with Gasteiger partial charge in [-0.2, -0.15) is 0 Å². The number of rotatable bonds is 1. The van der Waals surface area contributed by atoms with Crippen molar-refractivity contribution in [3.63, 3.8) is 0 Å². The molecule has 0 bridgehead atoms. The first-order valence-electron chi connectivity index (χ1n) is 2.91. The Bertz CT molecular complexity index is 116. The lowest BCUT2D eigenvalue weighted by Crippen LogP contribution is -2.06. The molecule has 1 saturated heterocycles. The second-order valence-corrected chi connectivity index (χ2v) is 2.05. The van der Waals surface area contributed by atoms with Crippen LogP contribution in [-0.4, -0.2) is 11.4 Å². The zero-order chi connectivity index (χ0) is 5.98. The maximum absolute atomic E-state index is 3.86. The molecule has 1 heteroatoms. The summed E-state index contributed by atoms with van der Waals surface area (Å²) in [7, 11) is 0. The Kier molecular flexibility index (Phi) is 1.38. The van der Waals surface area contributed by atoms with Gasteiger partial charge in [0, 0.05) is 12.2 Å². The molecule has 1 heterocycles. The molecule has 8 heavy (non-hydrogen) atoms. The molecule has 44 valence electrons. The number of hydrogen-bond donors (Lipinski definition) is 0. The third kappa shape index (κ3) is 0.760. The second-order valence-electron chi connectivity index (χ2n) is 2.05. The highest BCUT2D eigenvalue weighted by Crippen LogP contribution is 2.17. The molecule has 0 aromatic carbocycles. The fourth-order valence-electron chi connectivity index (χ4n) is 0.976. The van der Waals surface area contributed by atoms with Gasteiger partial charge in [0.1, 0.15) is 0 Å². The lowest BCUT2D eigenvalue weighted by atomic mass is 10.3. The molecular formula is C7H11N. The van der Waals surface area contributed by atoms with Gasteiger partial charge in [0.25, 0.3) is 0 Å². The van der Waals surface area contributed by atoms with Crippen LogP contribution in [-0.2, 0) is 0 Å². The van der Waals surface area contributed by atoms with Crippen molar-refractivity contribution in [3.8, 4) is 0 Å². The quantitative estimate of drug-likeness (QED) is 0.495. The minimum atomic E-state index is 1.11. The van der Waals surface area contributed by atoms with Gasteiger partial charge in [-0.1, -0.05) is 13.2 Å². The Morgan fingerprint density at radius 2 is 2.38 bits per heavy atom. The zero-order valence-corrected chi connectivity index (χ0v) is 5.06. The standard InChI is InChI=1S/C7H11N/c1-3-8-6-4-5-7(8)2/h3H,1-2,4-6H2. The molecule has 0 spiro atoms. The van der Waals surface area contributed by atoms with E-state index in [0.29, 0.717) is 0 Å². The van der Waals surface area contributed by atoms with E-state index in [0.717, 1.165) is 13.0 Å². The predicted molar refractivity (Wildman–Crippen MR) is 35.3 cm³/mol. The molecule has 0 radical (unpaired) electrons. The molecule has 0 N–H and O–H groups in total. The van der Waals surface area contributed by atoms with Gasteiger partial charge in [0.05, 0.1) is 0 Å². The van der Waals surface area contributed by atoms with Crippen molar-refractivity contribution in [1.82, 2.24) is 4.90 Å². The molecule has 1 rings (SSSR count). The van der Waals surface area contributed by atoms with Crippen molar-refractivity contribution in [2.45, 2.75) is 12.8 Å². The molecule has 1 aliphatic heterocycles. The zero-order valence-electron chi connectivity index (χ0n) is 5.06. The molecule has 0 aliphatic carbocycles. The Hall–Kier alpha value is -0.720. The van der Waals surface area contributed by atoms with Crippen LogP contribution >= 0.6 is 0 Å². The van der Waals surface area contributed by atoms with Crippen molar-refractivity contribution < 1.29 is 0 Å². The third-order valence-corrected chi connectivity index (χ3v) is 1.49. The summed E-state index contributed by atoms with van der Waals surface area (Å²) >= 11 is 0.